The lowest BCUT2D eigenvalue weighted by atomic mass is 9.89. The van der Waals surface area contributed by atoms with Gasteiger partial charge in [0.05, 0.1) is 24.0 Å². The smallest absolute Gasteiger partial charge is 0.274 e. The number of piperidine rings is 1. The van der Waals surface area contributed by atoms with Gasteiger partial charge in [0.2, 0.25) is 0 Å². The van der Waals surface area contributed by atoms with E-state index in [1.165, 1.54) is 18.3 Å². The number of hydrogen-bond donors (Lipinski definition) is 0. The third kappa shape index (κ3) is 3.60. The first-order chi connectivity index (χ1) is 13.5. The monoisotopic (exact) mass is 384 g/mol. The number of likely N-dealkylation sites (tertiary alicyclic amines) is 1. The van der Waals surface area contributed by atoms with Gasteiger partial charge in [0.15, 0.2) is 0 Å². The Morgan fingerprint density at radius 3 is 2.50 bits per heavy atom. The van der Waals surface area contributed by atoms with Crippen molar-refractivity contribution in [1.29, 1.82) is 0 Å². The maximum Gasteiger partial charge on any atom is 0.274 e. The van der Waals surface area contributed by atoms with Crippen molar-refractivity contribution < 1.29 is 18.7 Å². The van der Waals surface area contributed by atoms with Crippen molar-refractivity contribution in [3.63, 3.8) is 0 Å². The third-order valence-electron chi connectivity index (χ3n) is 5.35. The molecular formula is C20H21FN4O3. The molecular weight excluding hydrogens is 363 g/mol. The molecule has 0 atom stereocenters. The highest BCUT2D eigenvalue weighted by Gasteiger charge is 2.43. The van der Waals surface area contributed by atoms with Crippen molar-refractivity contribution in [2.75, 3.05) is 31.1 Å². The molecule has 2 amide bonds. The summed E-state index contributed by atoms with van der Waals surface area (Å²) in [6.45, 7) is 3.22. The van der Waals surface area contributed by atoms with Crippen LogP contribution in [0.2, 0.25) is 0 Å². The Bertz CT molecular complexity index is 877. The molecule has 0 aliphatic carbocycles. The predicted molar refractivity (Wildman–Crippen MR) is 99.3 cm³/mol. The van der Waals surface area contributed by atoms with Crippen LogP contribution in [0.4, 0.5) is 10.1 Å². The Morgan fingerprint density at radius 2 is 1.86 bits per heavy atom. The van der Waals surface area contributed by atoms with E-state index in [0.29, 0.717) is 43.9 Å². The molecule has 146 valence electrons. The van der Waals surface area contributed by atoms with Crippen LogP contribution >= 0.6 is 0 Å². The molecule has 1 aromatic heterocycles. The standard InChI is InChI=1S/C20H21FN4O3/c1-14-10-23-17(11-22-14)19(27)24-8-6-20(7-9-24)13-25(18(26)12-28-20)16-4-2-15(21)3-5-16/h2-5,10-11H,6-9,12-13H2,1H3. The van der Waals surface area contributed by atoms with Gasteiger partial charge >= 0.3 is 0 Å². The van der Waals surface area contributed by atoms with E-state index in [-0.39, 0.29) is 24.2 Å². The number of morpholine rings is 1. The first-order valence-corrected chi connectivity index (χ1v) is 9.24. The van der Waals surface area contributed by atoms with E-state index in [4.69, 9.17) is 4.74 Å². The summed E-state index contributed by atoms with van der Waals surface area (Å²) in [5, 5.41) is 0. The molecule has 0 N–H and O–H groups in total. The fourth-order valence-corrected chi connectivity index (χ4v) is 3.66. The molecule has 7 nitrogen and oxygen atoms in total. The van der Waals surface area contributed by atoms with E-state index in [1.807, 2.05) is 6.92 Å². The van der Waals surface area contributed by atoms with Gasteiger partial charge < -0.3 is 14.5 Å². The third-order valence-corrected chi connectivity index (χ3v) is 5.35. The molecule has 3 heterocycles. The average Bonchev–Trinajstić information content (AvgIpc) is 2.71. The van der Waals surface area contributed by atoms with Gasteiger partial charge in [-0.1, -0.05) is 0 Å². The fraction of sp³-hybridized carbons (Fsp3) is 0.400. The Balaban J connectivity index is 1.44. The number of anilines is 1. The number of halogens is 1. The van der Waals surface area contributed by atoms with E-state index in [1.54, 1.807) is 28.1 Å². The molecule has 8 heteroatoms. The van der Waals surface area contributed by atoms with Gasteiger partial charge in [-0.3, -0.25) is 14.6 Å². The van der Waals surface area contributed by atoms with Gasteiger partial charge in [-0.2, -0.15) is 0 Å². The molecule has 0 radical (unpaired) electrons. The summed E-state index contributed by atoms with van der Waals surface area (Å²) in [5.41, 5.74) is 1.24. The van der Waals surface area contributed by atoms with E-state index < -0.39 is 5.60 Å². The number of amides is 2. The average molecular weight is 384 g/mol. The van der Waals surface area contributed by atoms with E-state index in [0.717, 1.165) is 5.69 Å². The molecule has 2 aromatic rings. The highest BCUT2D eigenvalue weighted by molar-refractivity contribution is 5.95. The van der Waals surface area contributed by atoms with Crippen molar-refractivity contribution in [2.45, 2.75) is 25.4 Å². The molecule has 0 saturated carbocycles. The zero-order valence-corrected chi connectivity index (χ0v) is 15.6. The number of nitrogens with zero attached hydrogens (tertiary/aromatic N) is 4. The summed E-state index contributed by atoms with van der Waals surface area (Å²) in [6, 6.07) is 5.88. The summed E-state index contributed by atoms with van der Waals surface area (Å²) >= 11 is 0. The lowest BCUT2D eigenvalue weighted by Crippen LogP contribution is -2.59. The fourth-order valence-electron chi connectivity index (χ4n) is 3.66. The first-order valence-electron chi connectivity index (χ1n) is 9.24. The number of ether oxygens (including phenoxy) is 1. The quantitative estimate of drug-likeness (QED) is 0.791. The molecule has 0 bridgehead atoms. The SMILES string of the molecule is Cc1cnc(C(=O)N2CCC3(CC2)CN(c2ccc(F)cc2)C(=O)CO3)cn1. The van der Waals surface area contributed by atoms with Gasteiger partial charge in [0, 0.05) is 25.0 Å². The van der Waals surface area contributed by atoms with Crippen molar-refractivity contribution >= 4 is 17.5 Å². The van der Waals surface area contributed by atoms with Crippen LogP contribution in [-0.2, 0) is 9.53 Å². The van der Waals surface area contributed by atoms with Gasteiger partial charge in [-0.25, -0.2) is 9.37 Å². The number of aryl methyl sites for hydroxylation is 1. The predicted octanol–water partition coefficient (Wildman–Crippen LogP) is 1.96. The molecule has 1 aromatic carbocycles. The van der Waals surface area contributed by atoms with Gasteiger partial charge in [-0.05, 0) is 44.0 Å². The number of benzene rings is 1. The summed E-state index contributed by atoms with van der Waals surface area (Å²) in [4.78, 5) is 36.6. The Kier molecular flexibility index (Phi) is 4.80. The van der Waals surface area contributed by atoms with Crippen LogP contribution < -0.4 is 4.90 Å². The van der Waals surface area contributed by atoms with Crippen LogP contribution in [0.15, 0.2) is 36.7 Å². The molecule has 28 heavy (non-hydrogen) atoms. The lowest BCUT2D eigenvalue weighted by molar-refractivity contribution is -0.143. The largest absolute Gasteiger partial charge is 0.363 e. The summed E-state index contributed by atoms with van der Waals surface area (Å²) in [5.74, 6) is -0.638. The zero-order valence-electron chi connectivity index (χ0n) is 15.6. The van der Waals surface area contributed by atoms with Crippen molar-refractivity contribution in [1.82, 2.24) is 14.9 Å². The number of hydrogen-bond acceptors (Lipinski definition) is 5. The lowest BCUT2D eigenvalue weighted by Gasteiger charge is -2.46. The van der Waals surface area contributed by atoms with Gasteiger partial charge in [0.1, 0.15) is 18.1 Å². The molecule has 1 spiro atoms. The van der Waals surface area contributed by atoms with Crippen molar-refractivity contribution in [3.8, 4) is 0 Å². The number of rotatable bonds is 2. The van der Waals surface area contributed by atoms with Crippen molar-refractivity contribution in [3.05, 3.63) is 53.9 Å². The van der Waals surface area contributed by atoms with E-state index >= 15 is 0 Å². The maximum atomic E-state index is 13.2. The summed E-state index contributed by atoms with van der Waals surface area (Å²) in [7, 11) is 0. The topological polar surface area (TPSA) is 75.6 Å². The second-order valence-electron chi connectivity index (χ2n) is 7.26. The maximum absolute atomic E-state index is 13.2. The minimum Gasteiger partial charge on any atom is -0.363 e. The van der Waals surface area contributed by atoms with E-state index in [2.05, 4.69) is 9.97 Å². The van der Waals surface area contributed by atoms with Gasteiger partial charge in [-0.15, -0.1) is 0 Å². The molecule has 2 aliphatic heterocycles. The van der Waals surface area contributed by atoms with Crippen LogP contribution in [0.3, 0.4) is 0 Å². The van der Waals surface area contributed by atoms with E-state index in [9.17, 15) is 14.0 Å². The van der Waals surface area contributed by atoms with Crippen molar-refractivity contribution in [2.24, 2.45) is 0 Å². The zero-order chi connectivity index (χ0) is 19.7. The highest BCUT2D eigenvalue weighted by Crippen LogP contribution is 2.33. The van der Waals surface area contributed by atoms with Crippen LogP contribution in [-0.4, -0.2) is 58.5 Å². The number of carbonyl (C=O) groups excluding carboxylic acids is 2. The minimum absolute atomic E-state index is 0.0191. The molecule has 0 unspecified atom stereocenters. The number of carbonyl (C=O) groups is 2. The van der Waals surface area contributed by atoms with Crippen LogP contribution in [0.25, 0.3) is 0 Å². The van der Waals surface area contributed by atoms with Crippen LogP contribution in [0.5, 0.6) is 0 Å². The minimum atomic E-state index is -0.502. The second kappa shape index (κ2) is 7.27. The second-order valence-corrected chi connectivity index (χ2v) is 7.26. The summed E-state index contributed by atoms with van der Waals surface area (Å²) < 4.78 is 19.1. The van der Waals surface area contributed by atoms with Crippen LogP contribution in [0.1, 0.15) is 29.0 Å². The molecule has 2 fully saturated rings. The Morgan fingerprint density at radius 1 is 1.14 bits per heavy atom. The number of aromatic nitrogens is 2. The van der Waals surface area contributed by atoms with Crippen LogP contribution in [0, 0.1) is 12.7 Å². The Hall–Kier alpha value is -2.87. The first kappa shape index (κ1) is 18.5. The molecule has 2 aliphatic rings. The van der Waals surface area contributed by atoms with Gasteiger partial charge in [0.25, 0.3) is 11.8 Å². The highest BCUT2D eigenvalue weighted by atomic mass is 19.1. The summed E-state index contributed by atoms with van der Waals surface area (Å²) in [6.07, 6.45) is 4.30. The normalized spacial score (nSPS) is 19.1. The molecule has 4 rings (SSSR count). The molecule has 2 saturated heterocycles. The Labute approximate surface area is 162 Å².